The van der Waals surface area contributed by atoms with Crippen LogP contribution in [0.5, 0.6) is 11.5 Å². The number of methoxy groups -OCH3 is 2. The van der Waals surface area contributed by atoms with Crippen LogP contribution in [0.3, 0.4) is 0 Å². The fraction of sp³-hybridized carbons (Fsp3) is 0.273. The molecule has 1 aromatic heterocycles. The summed E-state index contributed by atoms with van der Waals surface area (Å²) < 4.78 is 12.6. The minimum Gasteiger partial charge on any atom is -0.497 e. The van der Waals surface area contributed by atoms with Gasteiger partial charge in [0.05, 0.1) is 25.5 Å². The molecule has 0 aliphatic rings. The van der Waals surface area contributed by atoms with Gasteiger partial charge in [-0.25, -0.2) is 4.68 Å². The lowest BCUT2D eigenvalue weighted by molar-refractivity contribution is 0.0953. The number of nitrogens with one attached hydrogen (secondary N) is 1. The summed E-state index contributed by atoms with van der Waals surface area (Å²) in [6, 6.07) is 15.1. The van der Waals surface area contributed by atoms with Crippen molar-refractivity contribution in [1.82, 2.24) is 15.1 Å². The van der Waals surface area contributed by atoms with Gasteiger partial charge in [-0.15, -0.1) is 0 Å². The summed E-state index contributed by atoms with van der Waals surface area (Å²) in [4.78, 5) is 12.9. The van der Waals surface area contributed by atoms with Crippen molar-refractivity contribution in [2.75, 3.05) is 27.3 Å². The van der Waals surface area contributed by atoms with Crippen LogP contribution in [0, 0.1) is 0 Å². The fourth-order valence-electron chi connectivity index (χ4n) is 3.02. The smallest absolute Gasteiger partial charge is 0.255 e. The van der Waals surface area contributed by atoms with Crippen LogP contribution >= 0.6 is 0 Å². The zero-order valence-corrected chi connectivity index (χ0v) is 16.7. The predicted octanol–water partition coefficient (Wildman–Crippen LogP) is 3.03. The van der Waals surface area contributed by atoms with Gasteiger partial charge in [-0.2, -0.15) is 5.10 Å². The first-order valence-electron chi connectivity index (χ1n) is 9.53. The molecular formula is C22H26N4O3. The molecule has 0 unspecified atom stereocenters. The van der Waals surface area contributed by atoms with E-state index in [1.165, 1.54) is 0 Å². The number of amides is 1. The van der Waals surface area contributed by atoms with E-state index in [0.717, 1.165) is 18.5 Å². The molecule has 3 rings (SSSR count). The number of carbonyl (C=O) groups is 1. The average Bonchev–Trinajstić information content (AvgIpc) is 3.22. The van der Waals surface area contributed by atoms with Gasteiger partial charge in [0.2, 0.25) is 0 Å². The van der Waals surface area contributed by atoms with Crippen molar-refractivity contribution in [3.8, 4) is 28.4 Å². The van der Waals surface area contributed by atoms with Gasteiger partial charge in [-0.1, -0.05) is 18.2 Å². The molecule has 3 N–H and O–H groups in total. The molecule has 1 amide bonds. The van der Waals surface area contributed by atoms with Crippen molar-refractivity contribution in [3.63, 3.8) is 0 Å². The molecule has 7 nitrogen and oxygen atoms in total. The monoisotopic (exact) mass is 394 g/mol. The molecule has 0 fully saturated rings. The quantitative estimate of drug-likeness (QED) is 0.545. The summed E-state index contributed by atoms with van der Waals surface area (Å²) >= 11 is 0. The number of hydrogen-bond donors (Lipinski definition) is 2. The number of nitrogens with zero attached hydrogens (tertiary/aromatic N) is 2. The first-order chi connectivity index (χ1) is 14.2. The normalized spacial score (nSPS) is 10.6. The second-order valence-electron chi connectivity index (χ2n) is 6.49. The van der Waals surface area contributed by atoms with E-state index in [9.17, 15) is 4.79 Å². The minimum absolute atomic E-state index is 0.191. The van der Waals surface area contributed by atoms with Gasteiger partial charge < -0.3 is 20.5 Å². The molecule has 0 atom stereocenters. The van der Waals surface area contributed by atoms with Crippen molar-refractivity contribution >= 4 is 5.91 Å². The highest BCUT2D eigenvalue weighted by molar-refractivity contribution is 6.00. The third-order valence-corrected chi connectivity index (χ3v) is 4.56. The highest BCUT2D eigenvalue weighted by Crippen LogP contribution is 2.35. The van der Waals surface area contributed by atoms with E-state index in [1.807, 2.05) is 42.5 Å². The minimum atomic E-state index is -0.191. The fourth-order valence-corrected chi connectivity index (χ4v) is 3.02. The van der Waals surface area contributed by atoms with Gasteiger partial charge in [0.15, 0.2) is 0 Å². The molecule has 29 heavy (non-hydrogen) atoms. The Bertz CT molecular complexity index is 954. The molecule has 3 aromatic rings. The maximum Gasteiger partial charge on any atom is 0.255 e. The van der Waals surface area contributed by atoms with Crippen LogP contribution in [0.15, 0.2) is 54.7 Å². The number of carbonyl (C=O) groups excluding carboxylic acids is 1. The zero-order chi connectivity index (χ0) is 20.6. The highest BCUT2D eigenvalue weighted by Gasteiger charge is 2.21. The standard InChI is InChI=1S/C22H26N4O3/c1-28-17-10-11-20(29-2)18(14-17)21-19(22(27)24-13-7-6-12-23)15-26(25-21)16-8-4-3-5-9-16/h3-5,8-11,14-15H,6-7,12-13,23H2,1-2H3,(H,24,27). The maximum absolute atomic E-state index is 12.9. The summed E-state index contributed by atoms with van der Waals surface area (Å²) in [5, 5.41) is 7.66. The molecule has 1 heterocycles. The number of hydrogen-bond acceptors (Lipinski definition) is 5. The molecule has 7 heteroatoms. The Balaban J connectivity index is 2.05. The lowest BCUT2D eigenvalue weighted by Gasteiger charge is -2.10. The van der Waals surface area contributed by atoms with E-state index in [0.29, 0.717) is 41.4 Å². The average molecular weight is 394 g/mol. The van der Waals surface area contributed by atoms with Crippen molar-refractivity contribution in [2.24, 2.45) is 5.73 Å². The topological polar surface area (TPSA) is 91.4 Å². The van der Waals surface area contributed by atoms with Gasteiger partial charge in [-0.3, -0.25) is 4.79 Å². The van der Waals surface area contributed by atoms with Crippen molar-refractivity contribution in [2.45, 2.75) is 12.8 Å². The number of rotatable bonds is 9. The molecule has 152 valence electrons. The predicted molar refractivity (Wildman–Crippen MR) is 113 cm³/mol. The third kappa shape index (κ3) is 4.75. The lowest BCUT2D eigenvalue weighted by atomic mass is 10.1. The Hall–Kier alpha value is -3.32. The Morgan fingerprint density at radius 2 is 1.90 bits per heavy atom. The zero-order valence-electron chi connectivity index (χ0n) is 16.7. The van der Waals surface area contributed by atoms with Crippen LogP contribution in [-0.4, -0.2) is 43.0 Å². The van der Waals surface area contributed by atoms with E-state index in [2.05, 4.69) is 5.32 Å². The number of aromatic nitrogens is 2. The van der Waals surface area contributed by atoms with Crippen molar-refractivity contribution in [3.05, 3.63) is 60.3 Å². The summed E-state index contributed by atoms with van der Waals surface area (Å²) in [7, 11) is 3.19. The Kier molecular flexibility index (Phi) is 6.86. The van der Waals surface area contributed by atoms with E-state index >= 15 is 0 Å². The summed E-state index contributed by atoms with van der Waals surface area (Å²) in [5.74, 6) is 1.08. The molecule has 2 aromatic carbocycles. The van der Waals surface area contributed by atoms with Crippen LogP contribution in [0.1, 0.15) is 23.2 Å². The SMILES string of the molecule is COc1ccc(OC)c(-c2nn(-c3ccccc3)cc2C(=O)NCCCCN)c1. The molecule has 0 saturated heterocycles. The number of ether oxygens (including phenoxy) is 2. The van der Waals surface area contributed by atoms with E-state index in [-0.39, 0.29) is 5.91 Å². The van der Waals surface area contributed by atoms with Crippen LogP contribution in [0.25, 0.3) is 16.9 Å². The second-order valence-corrected chi connectivity index (χ2v) is 6.49. The Labute approximate surface area is 170 Å². The largest absolute Gasteiger partial charge is 0.497 e. The lowest BCUT2D eigenvalue weighted by Crippen LogP contribution is -2.25. The van der Waals surface area contributed by atoms with Gasteiger partial charge in [0.25, 0.3) is 5.91 Å². The number of benzene rings is 2. The first-order valence-corrected chi connectivity index (χ1v) is 9.53. The van der Waals surface area contributed by atoms with Crippen molar-refractivity contribution in [1.29, 1.82) is 0 Å². The Morgan fingerprint density at radius 1 is 1.10 bits per heavy atom. The molecule has 0 bridgehead atoms. The molecule has 0 radical (unpaired) electrons. The third-order valence-electron chi connectivity index (χ3n) is 4.56. The van der Waals surface area contributed by atoms with Gasteiger partial charge in [-0.05, 0) is 49.7 Å². The maximum atomic E-state index is 12.9. The van der Waals surface area contributed by atoms with E-state index < -0.39 is 0 Å². The molecular weight excluding hydrogens is 368 g/mol. The van der Waals surface area contributed by atoms with Gasteiger partial charge in [0, 0.05) is 18.3 Å². The molecule has 0 aliphatic heterocycles. The second kappa shape index (κ2) is 9.75. The molecule has 0 saturated carbocycles. The summed E-state index contributed by atoms with van der Waals surface area (Å²) in [6.45, 7) is 1.16. The molecule has 0 aliphatic carbocycles. The number of unbranched alkanes of at least 4 members (excludes halogenated alkanes) is 1. The van der Waals surface area contributed by atoms with Gasteiger partial charge >= 0.3 is 0 Å². The molecule has 0 spiro atoms. The number of nitrogens with two attached hydrogens (primary N) is 1. The van der Waals surface area contributed by atoms with E-state index in [4.69, 9.17) is 20.3 Å². The summed E-state index contributed by atoms with van der Waals surface area (Å²) in [6.07, 6.45) is 3.43. The van der Waals surface area contributed by atoms with Crippen molar-refractivity contribution < 1.29 is 14.3 Å². The van der Waals surface area contributed by atoms with Crippen LogP contribution in [0.2, 0.25) is 0 Å². The van der Waals surface area contributed by atoms with Crippen LogP contribution in [-0.2, 0) is 0 Å². The number of para-hydroxylation sites is 1. The summed E-state index contributed by atoms with van der Waals surface area (Å²) in [5.41, 5.74) is 8.07. The highest BCUT2D eigenvalue weighted by atomic mass is 16.5. The Morgan fingerprint density at radius 3 is 2.59 bits per heavy atom. The van der Waals surface area contributed by atoms with Crippen LogP contribution in [0.4, 0.5) is 0 Å². The van der Waals surface area contributed by atoms with Gasteiger partial charge in [0.1, 0.15) is 17.2 Å². The van der Waals surface area contributed by atoms with Crippen LogP contribution < -0.4 is 20.5 Å². The first kappa shape index (κ1) is 20.4. The van der Waals surface area contributed by atoms with E-state index in [1.54, 1.807) is 31.2 Å².